The molecule has 0 N–H and O–H groups in total. The molecule has 10 rings (SSSR count). The van der Waals surface area contributed by atoms with Crippen molar-refractivity contribution in [1.29, 1.82) is 0 Å². The molecular formula is C42H72Cl2P2Pd+2. The summed E-state index contributed by atoms with van der Waals surface area (Å²) in [6.07, 6.45) is 49.0. The van der Waals surface area contributed by atoms with Gasteiger partial charge in [-0.1, -0.05) is 25.7 Å². The van der Waals surface area contributed by atoms with Gasteiger partial charge in [-0.2, -0.15) is 0 Å². The molecule has 0 heterocycles. The predicted molar refractivity (Wildman–Crippen MR) is 208 cm³/mol. The summed E-state index contributed by atoms with van der Waals surface area (Å²) >= 11 is -0.106. The van der Waals surface area contributed by atoms with Crippen LogP contribution in [0.4, 0.5) is 0 Å². The molecule has 0 nitrogen and oxygen atoms in total. The monoisotopic (exact) mass is 814 g/mol. The van der Waals surface area contributed by atoms with E-state index in [1.807, 2.05) is 0 Å². The second-order valence-corrected chi connectivity index (χ2v) is 29.4. The van der Waals surface area contributed by atoms with Crippen molar-refractivity contribution in [2.45, 2.75) is 226 Å². The van der Waals surface area contributed by atoms with Crippen LogP contribution in [0.3, 0.4) is 0 Å². The standard InChI is InChI=1S/C25H39P.C17H31P.2ClH.Pd/c1-2-4-23(3-1)26(24-11-17-5-7-19(13-24)21(9-17)15-24)25-12-18-6-8-20(14-25)22(10-18)16-25;1-3-9-15(10-4-1)18(17-13-7-8-14-17)16-11-5-2-6-12-16;;;/h17-23H,1-16H2;15-17H,1-14H2;2*1H;/q;;;;+2. The SMILES string of the molecule is C1CCC([PH+](C23CC4CCC(C2)C(C4)C3)C23CC4CCC(C2)C(C4)C3)C1.C1CCC([PH+](C2CCCCC2)C2CCCC2)CC1.[Cl][Pd][Cl]. The zero-order valence-electron chi connectivity index (χ0n) is 30.1. The first kappa shape index (κ1) is 36.1. The van der Waals surface area contributed by atoms with E-state index in [-0.39, 0.29) is 31.8 Å². The van der Waals surface area contributed by atoms with Gasteiger partial charge in [0.15, 0.2) is 0 Å². The van der Waals surface area contributed by atoms with Crippen LogP contribution >= 0.6 is 34.9 Å². The van der Waals surface area contributed by atoms with Gasteiger partial charge in [-0.15, -0.1) is 0 Å². The molecule has 0 aromatic heterocycles. The molecular weight excluding hydrogens is 744 g/mol. The summed E-state index contributed by atoms with van der Waals surface area (Å²) < 4.78 is 0. The van der Waals surface area contributed by atoms with E-state index in [1.54, 1.807) is 193 Å². The fraction of sp³-hybridized carbons (Fsp3) is 1.00. The van der Waals surface area contributed by atoms with Gasteiger partial charge in [0.25, 0.3) is 0 Å². The van der Waals surface area contributed by atoms with Gasteiger partial charge in [0, 0.05) is 15.8 Å². The van der Waals surface area contributed by atoms with Gasteiger partial charge in [-0.25, -0.2) is 0 Å². The number of halogens is 2. The van der Waals surface area contributed by atoms with Crippen LogP contribution in [0.15, 0.2) is 0 Å². The average Bonchev–Trinajstić information content (AvgIpc) is 3.86. The molecule has 10 fully saturated rings. The van der Waals surface area contributed by atoms with E-state index in [0.717, 1.165) is 10.3 Å². The number of hydrogen-bond donors (Lipinski definition) is 0. The molecule has 0 saturated heterocycles. The molecule has 0 radical (unpaired) electrons. The minimum absolute atomic E-state index is 0.0235. The molecule has 8 atom stereocenters. The van der Waals surface area contributed by atoms with Crippen LogP contribution in [0.1, 0.15) is 193 Å². The maximum absolute atomic E-state index is 4.81. The summed E-state index contributed by atoms with van der Waals surface area (Å²) in [5.41, 5.74) is 4.94. The van der Waals surface area contributed by atoms with E-state index in [2.05, 4.69) is 0 Å². The topological polar surface area (TPSA) is 0 Å². The van der Waals surface area contributed by atoms with Gasteiger partial charge >= 0.3 is 35.0 Å². The van der Waals surface area contributed by atoms with E-state index in [1.165, 1.54) is 58.1 Å². The van der Waals surface area contributed by atoms with Gasteiger partial charge in [0.05, 0.1) is 32.9 Å². The Morgan fingerprint density at radius 1 is 0.383 bits per heavy atom. The van der Waals surface area contributed by atoms with Gasteiger partial charge in [0.2, 0.25) is 0 Å². The Kier molecular flexibility index (Phi) is 12.5. The Labute approximate surface area is 309 Å². The molecule has 8 unspecified atom stereocenters. The second-order valence-electron chi connectivity index (χ2n) is 19.8. The quantitative estimate of drug-likeness (QED) is 0.185. The Bertz CT molecular complexity index is 933. The average molecular weight is 816 g/mol. The fourth-order valence-electron chi connectivity index (χ4n) is 16.3. The molecule has 10 saturated carbocycles. The number of fused-ring (bicyclic) bond motifs is 4. The van der Waals surface area contributed by atoms with E-state index in [0.29, 0.717) is 0 Å². The van der Waals surface area contributed by atoms with Crippen LogP contribution in [-0.2, 0) is 15.9 Å². The molecule has 0 aromatic rings. The van der Waals surface area contributed by atoms with Crippen molar-refractivity contribution in [1.82, 2.24) is 0 Å². The first-order valence-corrected chi connectivity index (χ1v) is 29.0. The molecule has 47 heavy (non-hydrogen) atoms. The zero-order chi connectivity index (χ0) is 31.8. The molecule has 272 valence electrons. The summed E-state index contributed by atoms with van der Waals surface area (Å²) in [7, 11) is 9.39. The minimum atomic E-state index is -0.211. The Morgan fingerprint density at radius 2 is 0.723 bits per heavy atom. The summed E-state index contributed by atoms with van der Waals surface area (Å²) in [4.78, 5) is 0. The third-order valence-corrected chi connectivity index (χ3v) is 26.8. The molecule has 6 bridgehead atoms. The summed E-state index contributed by atoms with van der Waals surface area (Å²) in [6, 6.07) is 0. The van der Waals surface area contributed by atoms with Gasteiger partial charge in [-0.05, 0) is 202 Å². The van der Waals surface area contributed by atoms with E-state index < -0.39 is 0 Å². The zero-order valence-corrected chi connectivity index (χ0v) is 35.1. The second kappa shape index (κ2) is 16.2. The van der Waals surface area contributed by atoms with Crippen molar-refractivity contribution < 1.29 is 15.9 Å². The van der Waals surface area contributed by atoms with Gasteiger partial charge in [0.1, 0.15) is 0 Å². The Hall–Kier alpha value is 2.10. The third-order valence-electron chi connectivity index (χ3n) is 17.4. The first-order valence-electron chi connectivity index (χ1n) is 21.7. The van der Waals surface area contributed by atoms with Gasteiger partial charge in [-0.3, -0.25) is 0 Å². The third kappa shape index (κ3) is 7.58. The van der Waals surface area contributed by atoms with Crippen LogP contribution < -0.4 is 0 Å². The molecule has 10 aliphatic rings. The molecule has 0 spiro atoms. The van der Waals surface area contributed by atoms with Crippen molar-refractivity contribution >= 4 is 34.9 Å². The van der Waals surface area contributed by atoms with Crippen LogP contribution in [0.5, 0.6) is 0 Å². The van der Waals surface area contributed by atoms with Crippen molar-refractivity contribution in [2.75, 3.05) is 0 Å². The number of rotatable bonds is 6. The van der Waals surface area contributed by atoms with E-state index >= 15 is 0 Å². The molecule has 10 aliphatic carbocycles. The molecule has 5 heteroatoms. The maximum atomic E-state index is 4.81. The van der Waals surface area contributed by atoms with E-state index in [4.69, 9.17) is 19.1 Å². The van der Waals surface area contributed by atoms with Crippen LogP contribution in [0, 0.1) is 35.5 Å². The first-order chi connectivity index (χ1) is 23.1. The van der Waals surface area contributed by atoms with Crippen LogP contribution in [0.2, 0.25) is 0 Å². The van der Waals surface area contributed by atoms with Crippen molar-refractivity contribution in [2.24, 2.45) is 35.5 Å². The fourth-order valence-corrected chi connectivity index (χ4v) is 28.3. The summed E-state index contributed by atoms with van der Waals surface area (Å²) in [6.45, 7) is 0. The Balaban J connectivity index is 0.000000136. The number of hydrogen-bond acceptors (Lipinski definition) is 0. The predicted octanol–water partition coefficient (Wildman–Crippen LogP) is 14.3. The van der Waals surface area contributed by atoms with E-state index in [9.17, 15) is 0 Å². The normalized spacial score (nSPS) is 44.1. The summed E-state index contributed by atoms with van der Waals surface area (Å²) in [5.74, 6) is 7.09. The van der Waals surface area contributed by atoms with Crippen LogP contribution in [0.25, 0.3) is 0 Å². The summed E-state index contributed by atoms with van der Waals surface area (Å²) in [5, 5.41) is 1.86. The molecule has 0 aliphatic heterocycles. The Morgan fingerprint density at radius 3 is 1.13 bits per heavy atom. The van der Waals surface area contributed by atoms with Gasteiger partial charge < -0.3 is 0 Å². The molecule has 0 amide bonds. The van der Waals surface area contributed by atoms with Crippen molar-refractivity contribution in [3.63, 3.8) is 0 Å². The van der Waals surface area contributed by atoms with Crippen LogP contribution in [-0.4, -0.2) is 32.9 Å². The molecule has 0 aromatic carbocycles. The van der Waals surface area contributed by atoms with Crippen molar-refractivity contribution in [3.05, 3.63) is 0 Å². The van der Waals surface area contributed by atoms with Crippen molar-refractivity contribution in [3.8, 4) is 0 Å².